The molecule has 0 aromatic heterocycles. The smallest absolute Gasteiger partial charge is 0.241 e. The monoisotopic (exact) mass is 389 g/mol. The maximum absolute atomic E-state index is 12.6. The van der Waals surface area contributed by atoms with E-state index in [2.05, 4.69) is 15.4 Å². The van der Waals surface area contributed by atoms with Crippen molar-refractivity contribution in [3.63, 3.8) is 0 Å². The molecule has 1 aromatic carbocycles. The van der Waals surface area contributed by atoms with E-state index in [0.29, 0.717) is 17.7 Å². The number of hydrogen-bond acceptors (Lipinski definition) is 4. The molecule has 1 heterocycles. The van der Waals surface area contributed by atoms with Crippen LogP contribution in [-0.2, 0) is 14.8 Å². The highest BCUT2D eigenvalue weighted by Crippen LogP contribution is 2.24. The van der Waals surface area contributed by atoms with Crippen LogP contribution in [0.25, 0.3) is 0 Å². The normalized spacial score (nSPS) is 17.8. The van der Waals surface area contributed by atoms with Crippen molar-refractivity contribution in [3.05, 3.63) is 23.8 Å². The zero-order valence-electron chi connectivity index (χ0n) is 15.2. The van der Waals surface area contributed by atoms with Crippen LogP contribution in [0.3, 0.4) is 0 Å². The molecule has 1 aromatic rings. The van der Waals surface area contributed by atoms with Gasteiger partial charge in [-0.05, 0) is 64.8 Å². The van der Waals surface area contributed by atoms with Crippen LogP contribution in [0.4, 0.5) is 5.69 Å². The van der Waals surface area contributed by atoms with E-state index >= 15 is 0 Å². The van der Waals surface area contributed by atoms with Gasteiger partial charge in [-0.25, -0.2) is 13.1 Å². The molecule has 1 atom stereocenters. The van der Waals surface area contributed by atoms with Crippen LogP contribution in [0.15, 0.2) is 23.1 Å². The van der Waals surface area contributed by atoms with E-state index in [1.807, 2.05) is 0 Å². The molecule has 0 saturated carbocycles. The van der Waals surface area contributed by atoms with Gasteiger partial charge < -0.3 is 10.6 Å². The Morgan fingerprint density at radius 1 is 1.32 bits per heavy atom. The average molecular weight is 390 g/mol. The van der Waals surface area contributed by atoms with Gasteiger partial charge in [0.05, 0.1) is 4.90 Å². The molecule has 1 amide bonds. The van der Waals surface area contributed by atoms with Crippen molar-refractivity contribution < 1.29 is 13.2 Å². The lowest BCUT2D eigenvalue weighted by Crippen LogP contribution is -2.40. The van der Waals surface area contributed by atoms with Crippen molar-refractivity contribution in [1.29, 1.82) is 0 Å². The summed E-state index contributed by atoms with van der Waals surface area (Å²) in [5.74, 6) is -0.101. The molecular formula is C17H28ClN3O3S. The van der Waals surface area contributed by atoms with Crippen LogP contribution in [0.2, 0.25) is 0 Å². The van der Waals surface area contributed by atoms with Crippen molar-refractivity contribution in [2.24, 2.45) is 0 Å². The van der Waals surface area contributed by atoms with Gasteiger partial charge in [-0.15, -0.1) is 12.4 Å². The Morgan fingerprint density at radius 2 is 2.00 bits per heavy atom. The Morgan fingerprint density at radius 3 is 2.56 bits per heavy atom. The highest BCUT2D eigenvalue weighted by molar-refractivity contribution is 7.89. The summed E-state index contributed by atoms with van der Waals surface area (Å²) < 4.78 is 27.7. The Hall–Kier alpha value is -1.15. The predicted molar refractivity (Wildman–Crippen MR) is 103 cm³/mol. The second-order valence-corrected chi connectivity index (χ2v) is 8.98. The fourth-order valence-electron chi connectivity index (χ4n) is 2.86. The van der Waals surface area contributed by atoms with E-state index < -0.39 is 15.6 Å². The maximum Gasteiger partial charge on any atom is 0.241 e. The second kappa shape index (κ2) is 8.49. The van der Waals surface area contributed by atoms with Gasteiger partial charge >= 0.3 is 0 Å². The first-order valence-electron chi connectivity index (χ1n) is 8.25. The topological polar surface area (TPSA) is 87.3 Å². The molecule has 1 aliphatic heterocycles. The minimum atomic E-state index is -3.64. The summed E-state index contributed by atoms with van der Waals surface area (Å²) in [6, 6.07) is 5.14. The number of nitrogens with one attached hydrogen (secondary N) is 3. The van der Waals surface area contributed by atoms with Crippen molar-refractivity contribution in [2.45, 2.75) is 63.4 Å². The number of hydrogen-bond donors (Lipinski definition) is 3. The van der Waals surface area contributed by atoms with Gasteiger partial charge in [0, 0.05) is 23.7 Å². The largest absolute Gasteiger partial charge is 0.326 e. The summed E-state index contributed by atoms with van der Waals surface area (Å²) >= 11 is 0. The molecule has 1 unspecified atom stereocenters. The Labute approximate surface area is 156 Å². The standard InChI is InChI=1S/C17H27N3O3S.ClH/c1-12-14(19-16(21)11-13-7-6-10-18-13)8-5-9-15(12)24(22,23)20-17(2,3)4;/h5,8-9,13,18,20H,6-7,10-11H2,1-4H3,(H,19,21);1H. The molecule has 142 valence electrons. The first-order valence-corrected chi connectivity index (χ1v) is 9.74. The second-order valence-electron chi connectivity index (χ2n) is 7.33. The molecule has 1 saturated heterocycles. The van der Waals surface area contributed by atoms with E-state index in [4.69, 9.17) is 0 Å². The van der Waals surface area contributed by atoms with E-state index in [-0.39, 0.29) is 29.3 Å². The van der Waals surface area contributed by atoms with E-state index in [9.17, 15) is 13.2 Å². The molecule has 25 heavy (non-hydrogen) atoms. The van der Waals surface area contributed by atoms with Gasteiger partial charge in [-0.1, -0.05) is 6.07 Å². The number of amides is 1. The molecule has 3 N–H and O–H groups in total. The van der Waals surface area contributed by atoms with E-state index in [0.717, 1.165) is 19.4 Å². The molecule has 0 aliphatic carbocycles. The number of anilines is 1. The maximum atomic E-state index is 12.6. The molecular weight excluding hydrogens is 362 g/mol. The van der Waals surface area contributed by atoms with Crippen LogP contribution in [0, 0.1) is 6.92 Å². The van der Waals surface area contributed by atoms with Gasteiger partial charge in [0.2, 0.25) is 15.9 Å². The Kier molecular flexibility index (Phi) is 7.43. The third-order valence-electron chi connectivity index (χ3n) is 3.88. The summed E-state index contributed by atoms with van der Waals surface area (Å²) in [6.45, 7) is 8.03. The van der Waals surface area contributed by atoms with Crippen molar-refractivity contribution in [2.75, 3.05) is 11.9 Å². The van der Waals surface area contributed by atoms with Gasteiger partial charge in [0.25, 0.3) is 0 Å². The van der Waals surface area contributed by atoms with Crippen LogP contribution in [-0.4, -0.2) is 32.5 Å². The first-order chi connectivity index (χ1) is 11.1. The number of carbonyl (C=O) groups is 1. The highest BCUT2D eigenvalue weighted by Gasteiger charge is 2.25. The highest BCUT2D eigenvalue weighted by atomic mass is 35.5. The van der Waals surface area contributed by atoms with Gasteiger partial charge in [0.15, 0.2) is 0 Å². The lowest BCUT2D eigenvalue weighted by atomic mass is 10.1. The van der Waals surface area contributed by atoms with Crippen molar-refractivity contribution >= 4 is 34.0 Å². The molecule has 2 rings (SSSR count). The summed E-state index contributed by atoms with van der Waals surface area (Å²) in [7, 11) is -3.64. The molecule has 8 heteroatoms. The van der Waals surface area contributed by atoms with Crippen LogP contribution >= 0.6 is 12.4 Å². The van der Waals surface area contributed by atoms with Gasteiger partial charge in [-0.3, -0.25) is 4.79 Å². The molecule has 1 aliphatic rings. The minimum absolute atomic E-state index is 0. The Balaban J connectivity index is 0.00000312. The first kappa shape index (κ1) is 21.9. The van der Waals surface area contributed by atoms with Crippen molar-refractivity contribution in [1.82, 2.24) is 10.0 Å². The van der Waals surface area contributed by atoms with E-state index in [1.165, 1.54) is 0 Å². The Bertz CT molecular complexity index is 708. The number of halogens is 1. The summed E-state index contributed by atoms with van der Waals surface area (Å²) in [4.78, 5) is 12.4. The fraction of sp³-hybridized carbons (Fsp3) is 0.588. The minimum Gasteiger partial charge on any atom is -0.326 e. The third kappa shape index (κ3) is 6.26. The lowest BCUT2D eigenvalue weighted by Gasteiger charge is -2.22. The lowest BCUT2D eigenvalue weighted by molar-refractivity contribution is -0.116. The quantitative estimate of drug-likeness (QED) is 0.722. The van der Waals surface area contributed by atoms with Crippen LogP contribution < -0.4 is 15.4 Å². The third-order valence-corrected chi connectivity index (χ3v) is 5.78. The van der Waals surface area contributed by atoms with Gasteiger partial charge in [0.1, 0.15) is 0 Å². The molecule has 1 fully saturated rings. The summed E-state index contributed by atoms with van der Waals surface area (Å²) in [5.41, 5.74) is 0.510. The van der Waals surface area contributed by atoms with E-state index in [1.54, 1.807) is 45.9 Å². The molecule has 0 bridgehead atoms. The number of rotatable bonds is 5. The van der Waals surface area contributed by atoms with Crippen molar-refractivity contribution in [3.8, 4) is 0 Å². The van der Waals surface area contributed by atoms with Crippen LogP contribution in [0.5, 0.6) is 0 Å². The average Bonchev–Trinajstić information content (AvgIpc) is 2.91. The zero-order chi connectivity index (χ0) is 18.0. The number of sulfonamides is 1. The summed E-state index contributed by atoms with van der Waals surface area (Å²) in [5, 5.41) is 6.12. The molecule has 6 nitrogen and oxygen atoms in total. The van der Waals surface area contributed by atoms with Gasteiger partial charge in [-0.2, -0.15) is 0 Å². The molecule has 0 radical (unpaired) electrons. The number of carbonyl (C=O) groups excluding carboxylic acids is 1. The molecule has 0 spiro atoms. The van der Waals surface area contributed by atoms with Crippen LogP contribution in [0.1, 0.15) is 45.6 Å². The summed E-state index contributed by atoms with van der Waals surface area (Å²) in [6.07, 6.45) is 2.48. The predicted octanol–water partition coefficient (Wildman–Crippen LogP) is 2.57. The number of benzene rings is 1. The fourth-order valence-corrected chi connectivity index (χ4v) is 4.54. The zero-order valence-corrected chi connectivity index (χ0v) is 16.8. The SMILES string of the molecule is Cc1c(NC(=O)CC2CCCN2)cccc1S(=O)(=O)NC(C)(C)C.Cl.